The molecule has 3 atom stereocenters. The monoisotopic (exact) mass is 306 g/mol. The van der Waals surface area contributed by atoms with E-state index in [1.165, 1.54) is 30.6 Å². The Morgan fingerprint density at radius 3 is 2.57 bits per heavy atom. The first-order valence-corrected chi connectivity index (χ1v) is 9.18. The first-order chi connectivity index (χ1) is 10.0. The molecule has 1 aliphatic carbocycles. The molecule has 118 valence electrons. The van der Waals surface area contributed by atoms with Crippen LogP contribution in [0.25, 0.3) is 0 Å². The standard InChI is InChI=1S/C18H30N2S/c1-5-10-20-16-7-6-14(18(2,3)4)13-17(16)21-15-8-11-19-12-9-15/h8-9,11-12,14,16-17,20H,5-7,10,13H2,1-4H3. The molecule has 0 saturated heterocycles. The third kappa shape index (κ3) is 5.00. The Balaban J connectivity index is 2.05. The summed E-state index contributed by atoms with van der Waals surface area (Å²) in [5.74, 6) is 0.830. The highest BCUT2D eigenvalue weighted by molar-refractivity contribution is 8.00. The van der Waals surface area contributed by atoms with Crippen molar-refractivity contribution in [2.75, 3.05) is 6.54 Å². The van der Waals surface area contributed by atoms with Crippen molar-refractivity contribution in [3.8, 4) is 0 Å². The maximum absolute atomic E-state index is 4.13. The number of hydrogen-bond acceptors (Lipinski definition) is 3. The molecule has 3 heteroatoms. The molecular formula is C18H30N2S. The summed E-state index contributed by atoms with van der Waals surface area (Å²) in [6, 6.07) is 4.94. The van der Waals surface area contributed by atoms with Gasteiger partial charge in [0.2, 0.25) is 0 Å². The van der Waals surface area contributed by atoms with Gasteiger partial charge < -0.3 is 5.32 Å². The lowest BCUT2D eigenvalue weighted by molar-refractivity contribution is 0.165. The first-order valence-electron chi connectivity index (χ1n) is 8.30. The van der Waals surface area contributed by atoms with E-state index in [2.05, 4.69) is 50.1 Å². The van der Waals surface area contributed by atoms with Crippen LogP contribution in [0.4, 0.5) is 0 Å². The molecule has 1 aromatic heterocycles. The number of aromatic nitrogens is 1. The lowest BCUT2D eigenvalue weighted by Crippen LogP contribution is -2.45. The predicted molar refractivity (Wildman–Crippen MR) is 92.8 cm³/mol. The van der Waals surface area contributed by atoms with E-state index in [1.807, 2.05) is 24.2 Å². The third-order valence-corrected chi connectivity index (χ3v) is 5.98. The van der Waals surface area contributed by atoms with Gasteiger partial charge in [0.15, 0.2) is 0 Å². The quantitative estimate of drug-likeness (QED) is 0.849. The zero-order valence-corrected chi connectivity index (χ0v) is 14.7. The van der Waals surface area contributed by atoms with Crippen molar-refractivity contribution >= 4 is 11.8 Å². The summed E-state index contributed by atoms with van der Waals surface area (Å²) in [5, 5.41) is 4.45. The van der Waals surface area contributed by atoms with Crippen molar-refractivity contribution in [3.63, 3.8) is 0 Å². The zero-order chi connectivity index (χ0) is 15.3. The van der Waals surface area contributed by atoms with Crippen LogP contribution in [-0.4, -0.2) is 22.8 Å². The maximum Gasteiger partial charge on any atom is 0.0278 e. The Morgan fingerprint density at radius 2 is 1.95 bits per heavy atom. The highest BCUT2D eigenvalue weighted by atomic mass is 32.2. The summed E-state index contributed by atoms with van der Waals surface area (Å²) >= 11 is 2.04. The minimum Gasteiger partial charge on any atom is -0.313 e. The lowest BCUT2D eigenvalue weighted by atomic mass is 9.71. The summed E-state index contributed by atoms with van der Waals surface area (Å²) < 4.78 is 0. The fourth-order valence-corrected chi connectivity index (χ4v) is 4.55. The van der Waals surface area contributed by atoms with Crippen LogP contribution < -0.4 is 5.32 Å². The fourth-order valence-electron chi connectivity index (χ4n) is 3.20. The topological polar surface area (TPSA) is 24.9 Å². The molecule has 1 fully saturated rings. The second-order valence-electron chi connectivity index (χ2n) is 7.28. The molecular weight excluding hydrogens is 276 g/mol. The molecule has 0 aliphatic heterocycles. The van der Waals surface area contributed by atoms with E-state index >= 15 is 0 Å². The van der Waals surface area contributed by atoms with Crippen LogP contribution in [0.1, 0.15) is 53.4 Å². The summed E-state index contributed by atoms with van der Waals surface area (Å²) in [6.07, 6.45) is 9.01. The number of hydrogen-bond donors (Lipinski definition) is 1. The van der Waals surface area contributed by atoms with Crippen molar-refractivity contribution < 1.29 is 0 Å². The van der Waals surface area contributed by atoms with Gasteiger partial charge >= 0.3 is 0 Å². The molecule has 2 rings (SSSR count). The molecule has 0 amide bonds. The number of nitrogens with one attached hydrogen (secondary N) is 1. The van der Waals surface area contributed by atoms with Crippen molar-refractivity contribution in [1.29, 1.82) is 0 Å². The SMILES string of the molecule is CCCNC1CCC(C(C)(C)C)CC1Sc1ccncc1. The van der Waals surface area contributed by atoms with Crippen molar-refractivity contribution in [2.45, 2.75) is 69.6 Å². The van der Waals surface area contributed by atoms with Crippen LogP contribution >= 0.6 is 11.8 Å². The fraction of sp³-hybridized carbons (Fsp3) is 0.722. The molecule has 3 unspecified atom stereocenters. The Bertz CT molecular complexity index is 413. The number of pyridine rings is 1. The predicted octanol–water partition coefficient (Wildman–Crippen LogP) is 4.76. The molecule has 1 heterocycles. The van der Waals surface area contributed by atoms with E-state index in [9.17, 15) is 0 Å². The van der Waals surface area contributed by atoms with Gasteiger partial charge in [0, 0.05) is 28.6 Å². The van der Waals surface area contributed by atoms with Gasteiger partial charge in [0.1, 0.15) is 0 Å². The van der Waals surface area contributed by atoms with Gasteiger partial charge in [-0.2, -0.15) is 0 Å². The van der Waals surface area contributed by atoms with Crippen LogP contribution in [0.2, 0.25) is 0 Å². The number of rotatable bonds is 5. The van der Waals surface area contributed by atoms with Gasteiger partial charge in [-0.15, -0.1) is 11.8 Å². The molecule has 0 spiro atoms. The van der Waals surface area contributed by atoms with Crippen LogP contribution in [0, 0.1) is 11.3 Å². The molecule has 1 N–H and O–H groups in total. The van der Waals surface area contributed by atoms with E-state index in [4.69, 9.17) is 0 Å². The van der Waals surface area contributed by atoms with E-state index in [0.29, 0.717) is 16.7 Å². The molecule has 21 heavy (non-hydrogen) atoms. The van der Waals surface area contributed by atoms with E-state index in [1.54, 1.807) is 0 Å². The minimum absolute atomic E-state index is 0.423. The van der Waals surface area contributed by atoms with Gasteiger partial charge in [0.25, 0.3) is 0 Å². The van der Waals surface area contributed by atoms with E-state index in [-0.39, 0.29) is 0 Å². The van der Waals surface area contributed by atoms with E-state index < -0.39 is 0 Å². The highest BCUT2D eigenvalue weighted by Crippen LogP contribution is 2.43. The van der Waals surface area contributed by atoms with Gasteiger partial charge in [-0.1, -0.05) is 27.7 Å². The Morgan fingerprint density at radius 1 is 1.24 bits per heavy atom. The Labute approximate surface area is 134 Å². The summed E-state index contributed by atoms with van der Waals surface area (Å²) in [4.78, 5) is 5.49. The lowest BCUT2D eigenvalue weighted by Gasteiger charge is -2.42. The first kappa shape index (κ1) is 16.8. The normalized spacial score (nSPS) is 26.8. The van der Waals surface area contributed by atoms with Crippen molar-refractivity contribution in [1.82, 2.24) is 10.3 Å². The molecule has 1 aliphatic rings. The molecule has 2 nitrogen and oxygen atoms in total. The van der Waals surface area contributed by atoms with Gasteiger partial charge in [-0.3, -0.25) is 4.98 Å². The van der Waals surface area contributed by atoms with Crippen molar-refractivity contribution in [3.05, 3.63) is 24.5 Å². The smallest absolute Gasteiger partial charge is 0.0278 e. The highest BCUT2D eigenvalue weighted by Gasteiger charge is 2.36. The molecule has 0 radical (unpaired) electrons. The Hall–Kier alpha value is -0.540. The van der Waals surface area contributed by atoms with Crippen LogP contribution in [0.3, 0.4) is 0 Å². The zero-order valence-electron chi connectivity index (χ0n) is 13.9. The van der Waals surface area contributed by atoms with Crippen molar-refractivity contribution in [2.24, 2.45) is 11.3 Å². The summed E-state index contributed by atoms with van der Waals surface area (Å²) in [6.45, 7) is 10.6. The van der Waals surface area contributed by atoms with Gasteiger partial charge in [0.05, 0.1) is 0 Å². The average Bonchev–Trinajstić information content (AvgIpc) is 2.46. The van der Waals surface area contributed by atoms with Crippen LogP contribution in [-0.2, 0) is 0 Å². The number of nitrogens with zero attached hydrogens (tertiary/aromatic N) is 1. The number of thioether (sulfide) groups is 1. The average molecular weight is 307 g/mol. The molecule has 1 saturated carbocycles. The van der Waals surface area contributed by atoms with Gasteiger partial charge in [-0.05, 0) is 55.7 Å². The van der Waals surface area contributed by atoms with E-state index in [0.717, 1.165) is 12.5 Å². The largest absolute Gasteiger partial charge is 0.313 e. The molecule has 0 aromatic carbocycles. The summed E-state index contributed by atoms with van der Waals surface area (Å²) in [5.41, 5.74) is 0.423. The third-order valence-electron chi connectivity index (χ3n) is 4.61. The second-order valence-corrected chi connectivity index (χ2v) is 8.59. The minimum atomic E-state index is 0.423. The summed E-state index contributed by atoms with van der Waals surface area (Å²) in [7, 11) is 0. The van der Waals surface area contributed by atoms with Gasteiger partial charge in [-0.25, -0.2) is 0 Å². The molecule has 1 aromatic rings. The van der Waals surface area contributed by atoms with Crippen LogP contribution in [0.5, 0.6) is 0 Å². The second kappa shape index (κ2) is 7.64. The molecule has 0 bridgehead atoms. The Kier molecular flexibility index (Phi) is 6.12. The van der Waals surface area contributed by atoms with Crippen LogP contribution in [0.15, 0.2) is 29.4 Å². The maximum atomic E-state index is 4.13.